The van der Waals surface area contributed by atoms with Gasteiger partial charge in [-0.25, -0.2) is 4.57 Å². The Morgan fingerprint density at radius 1 is 0.547 bits per heavy atom. The van der Waals surface area contributed by atoms with E-state index in [2.05, 4.69) is 26.0 Å². The van der Waals surface area contributed by atoms with Gasteiger partial charge in [0.25, 0.3) is 0 Å². The van der Waals surface area contributed by atoms with Crippen molar-refractivity contribution in [3.8, 4) is 0 Å². The van der Waals surface area contributed by atoms with Crippen LogP contribution in [-0.2, 0) is 32.7 Å². The van der Waals surface area contributed by atoms with Crippen LogP contribution in [0, 0.1) is 0 Å². The van der Waals surface area contributed by atoms with E-state index >= 15 is 0 Å². The molecule has 0 fully saturated rings. The summed E-state index contributed by atoms with van der Waals surface area (Å²) in [6, 6.07) is 0. The Morgan fingerprint density at radius 2 is 0.925 bits per heavy atom. The zero-order valence-electron chi connectivity index (χ0n) is 34.5. The lowest BCUT2D eigenvalue weighted by Crippen LogP contribution is -2.29. The molecule has 10 heteroatoms. The van der Waals surface area contributed by atoms with Gasteiger partial charge in [0, 0.05) is 19.4 Å². The Balaban J connectivity index is 4.10. The number of ether oxygens (including phenoxy) is 2. The molecule has 0 spiro atoms. The molecule has 0 radical (unpaired) electrons. The van der Waals surface area contributed by atoms with Crippen molar-refractivity contribution in [1.29, 1.82) is 0 Å². The first-order valence-electron chi connectivity index (χ1n) is 22.2. The highest BCUT2D eigenvalue weighted by Crippen LogP contribution is 2.43. The number of hydrogen-bond donors (Lipinski definition) is 2. The average molecular weight is 774 g/mol. The van der Waals surface area contributed by atoms with Crippen molar-refractivity contribution in [3.05, 3.63) is 12.2 Å². The van der Waals surface area contributed by atoms with Gasteiger partial charge < -0.3 is 20.1 Å². The first-order valence-corrected chi connectivity index (χ1v) is 23.7. The third kappa shape index (κ3) is 40.2. The van der Waals surface area contributed by atoms with E-state index in [9.17, 15) is 19.0 Å². The molecule has 0 aromatic heterocycles. The van der Waals surface area contributed by atoms with E-state index in [1.54, 1.807) is 0 Å². The third-order valence-corrected chi connectivity index (χ3v) is 10.6. The molecule has 0 heterocycles. The molecule has 0 saturated carbocycles. The normalized spacial score (nSPS) is 13.4. The van der Waals surface area contributed by atoms with Gasteiger partial charge in [-0.2, -0.15) is 0 Å². The molecule has 1 unspecified atom stereocenters. The summed E-state index contributed by atoms with van der Waals surface area (Å²) in [7, 11) is -4.37. The Hall–Kier alpha value is -1.25. The summed E-state index contributed by atoms with van der Waals surface area (Å²) in [4.78, 5) is 34.9. The molecule has 53 heavy (non-hydrogen) atoms. The van der Waals surface area contributed by atoms with Crippen LogP contribution in [0.2, 0.25) is 0 Å². The fourth-order valence-corrected chi connectivity index (χ4v) is 7.10. The largest absolute Gasteiger partial charge is 0.472 e. The van der Waals surface area contributed by atoms with Crippen molar-refractivity contribution in [2.45, 2.75) is 225 Å². The molecule has 2 atom stereocenters. The summed E-state index contributed by atoms with van der Waals surface area (Å²) in [5.41, 5.74) is 5.35. The van der Waals surface area contributed by atoms with Gasteiger partial charge in [0.2, 0.25) is 0 Å². The summed E-state index contributed by atoms with van der Waals surface area (Å²) >= 11 is 0. The molecule has 314 valence electrons. The number of rotatable bonds is 42. The molecule has 0 aliphatic rings. The third-order valence-electron chi connectivity index (χ3n) is 9.65. The lowest BCUT2D eigenvalue weighted by atomic mass is 10.0. The number of hydrogen-bond acceptors (Lipinski definition) is 8. The maximum atomic E-state index is 12.6. The Bertz CT molecular complexity index is 886. The highest BCUT2D eigenvalue weighted by Gasteiger charge is 2.26. The van der Waals surface area contributed by atoms with E-state index in [-0.39, 0.29) is 38.6 Å². The van der Waals surface area contributed by atoms with Gasteiger partial charge in [0.1, 0.15) is 6.61 Å². The van der Waals surface area contributed by atoms with E-state index in [1.807, 2.05) is 0 Å². The maximum absolute atomic E-state index is 12.6. The lowest BCUT2D eigenvalue weighted by molar-refractivity contribution is -0.161. The van der Waals surface area contributed by atoms with Gasteiger partial charge >= 0.3 is 19.8 Å². The van der Waals surface area contributed by atoms with Crippen LogP contribution < -0.4 is 5.73 Å². The predicted octanol–water partition coefficient (Wildman–Crippen LogP) is 12.6. The molecular formula is C43H84NO8P. The van der Waals surface area contributed by atoms with Crippen molar-refractivity contribution in [1.82, 2.24) is 0 Å². The van der Waals surface area contributed by atoms with Crippen LogP contribution in [0.25, 0.3) is 0 Å². The van der Waals surface area contributed by atoms with E-state index in [1.165, 1.54) is 135 Å². The summed E-state index contributed by atoms with van der Waals surface area (Å²) in [5.74, 6) is -0.827. The van der Waals surface area contributed by atoms with Crippen LogP contribution >= 0.6 is 7.82 Å². The van der Waals surface area contributed by atoms with Crippen LogP contribution in [0.4, 0.5) is 0 Å². The van der Waals surface area contributed by atoms with Crippen LogP contribution in [0.15, 0.2) is 12.2 Å². The minimum absolute atomic E-state index is 0.0548. The van der Waals surface area contributed by atoms with E-state index in [0.717, 1.165) is 51.4 Å². The first-order chi connectivity index (χ1) is 25.8. The Labute approximate surface area is 326 Å². The summed E-state index contributed by atoms with van der Waals surface area (Å²) in [6.45, 7) is 3.74. The van der Waals surface area contributed by atoms with Crippen LogP contribution in [0.3, 0.4) is 0 Å². The SMILES string of the molecule is CCCCCCC/C=C/CCCCCCCC(=O)O[C@@H](COC(=O)CCCCCCCCCCCCCCCCCCCC)COP(=O)(O)OCCN. The van der Waals surface area contributed by atoms with Gasteiger partial charge in [-0.15, -0.1) is 0 Å². The van der Waals surface area contributed by atoms with E-state index in [4.69, 9.17) is 24.3 Å². The number of allylic oxidation sites excluding steroid dienone is 2. The molecule has 0 amide bonds. The van der Waals surface area contributed by atoms with Gasteiger partial charge in [0.15, 0.2) is 6.10 Å². The molecule has 3 N–H and O–H groups in total. The number of esters is 2. The van der Waals surface area contributed by atoms with Crippen LogP contribution in [-0.4, -0.2) is 49.3 Å². The molecule has 0 saturated heterocycles. The molecular weight excluding hydrogens is 689 g/mol. The van der Waals surface area contributed by atoms with Crippen molar-refractivity contribution in [2.24, 2.45) is 5.73 Å². The Morgan fingerprint density at radius 3 is 1.34 bits per heavy atom. The van der Waals surface area contributed by atoms with E-state index < -0.39 is 26.5 Å². The van der Waals surface area contributed by atoms with E-state index in [0.29, 0.717) is 6.42 Å². The fourth-order valence-electron chi connectivity index (χ4n) is 6.34. The number of carbonyl (C=O) groups is 2. The van der Waals surface area contributed by atoms with Gasteiger partial charge in [-0.05, 0) is 38.5 Å². The number of phosphoric ester groups is 1. The molecule has 0 aromatic carbocycles. The summed E-state index contributed by atoms with van der Waals surface area (Å²) in [6.07, 6.45) is 41.0. The molecule has 0 aromatic rings. The molecule has 9 nitrogen and oxygen atoms in total. The fraction of sp³-hybridized carbons (Fsp3) is 0.907. The zero-order valence-corrected chi connectivity index (χ0v) is 35.4. The minimum atomic E-state index is -4.37. The average Bonchev–Trinajstić information content (AvgIpc) is 3.14. The number of carbonyl (C=O) groups excluding carboxylic acids is 2. The second-order valence-electron chi connectivity index (χ2n) is 14.9. The topological polar surface area (TPSA) is 134 Å². The first kappa shape index (κ1) is 51.8. The number of nitrogens with two attached hydrogens (primary N) is 1. The molecule has 0 aliphatic carbocycles. The quantitative estimate of drug-likeness (QED) is 0.0269. The zero-order chi connectivity index (χ0) is 38.9. The predicted molar refractivity (Wildman–Crippen MR) is 220 cm³/mol. The Kier molecular flexibility index (Phi) is 39.5. The molecule has 0 aliphatic heterocycles. The maximum Gasteiger partial charge on any atom is 0.472 e. The number of unbranched alkanes of at least 4 members (excludes halogenated alkanes) is 27. The van der Waals surface area contributed by atoms with Crippen molar-refractivity contribution in [2.75, 3.05) is 26.4 Å². The standard InChI is InChI=1S/C43H84NO8P/c1-3-5-7-9-11-13-15-17-19-20-21-22-24-25-27-29-31-33-35-42(45)49-39-41(40-51-53(47,48)50-38-37-44)52-43(46)36-34-32-30-28-26-23-18-16-14-12-10-8-6-4-2/h16,18,41H,3-15,17,19-40,44H2,1-2H3,(H,47,48)/b18-16+/t41-/m0/s1. The lowest BCUT2D eigenvalue weighted by Gasteiger charge is -2.19. The minimum Gasteiger partial charge on any atom is -0.462 e. The second kappa shape index (κ2) is 40.4. The number of phosphoric acid groups is 1. The van der Waals surface area contributed by atoms with Crippen LogP contribution in [0.5, 0.6) is 0 Å². The van der Waals surface area contributed by atoms with Gasteiger partial charge in [-0.1, -0.05) is 180 Å². The van der Waals surface area contributed by atoms with Crippen molar-refractivity contribution in [3.63, 3.8) is 0 Å². The van der Waals surface area contributed by atoms with Crippen molar-refractivity contribution >= 4 is 19.8 Å². The second-order valence-corrected chi connectivity index (χ2v) is 16.4. The summed E-state index contributed by atoms with van der Waals surface area (Å²) < 4.78 is 32.8. The van der Waals surface area contributed by atoms with Crippen LogP contribution in [0.1, 0.15) is 219 Å². The molecule has 0 bridgehead atoms. The summed E-state index contributed by atoms with van der Waals surface area (Å²) in [5, 5.41) is 0. The van der Waals surface area contributed by atoms with Gasteiger partial charge in [0.05, 0.1) is 13.2 Å². The van der Waals surface area contributed by atoms with Crippen molar-refractivity contribution < 1.29 is 37.6 Å². The molecule has 0 rings (SSSR count). The van der Waals surface area contributed by atoms with Gasteiger partial charge in [-0.3, -0.25) is 18.6 Å². The highest BCUT2D eigenvalue weighted by atomic mass is 31.2. The highest BCUT2D eigenvalue weighted by molar-refractivity contribution is 7.47. The monoisotopic (exact) mass is 774 g/mol. The smallest absolute Gasteiger partial charge is 0.462 e.